The smallest absolute Gasteiger partial charge is 0.304 e. The van der Waals surface area contributed by atoms with E-state index in [2.05, 4.69) is 12.2 Å². The van der Waals surface area contributed by atoms with Crippen LogP contribution in [0.15, 0.2) is 0 Å². The molecule has 0 aromatic rings. The first-order valence-corrected chi connectivity index (χ1v) is 6.35. The third-order valence-electron chi connectivity index (χ3n) is 2.58. The van der Waals surface area contributed by atoms with Crippen molar-refractivity contribution in [2.24, 2.45) is 0 Å². The third-order valence-corrected chi connectivity index (χ3v) is 3.90. The molecule has 0 aliphatic heterocycles. The van der Waals surface area contributed by atoms with Gasteiger partial charge < -0.3 is 10.4 Å². The molecule has 82 valence electrons. The van der Waals surface area contributed by atoms with Crippen molar-refractivity contribution in [3.05, 3.63) is 0 Å². The lowest BCUT2D eigenvalue weighted by Crippen LogP contribution is -2.35. The Hall–Kier alpha value is -0.220. The minimum atomic E-state index is -0.713. The molecule has 1 saturated carbocycles. The SMILES string of the molecule is CCSC1CCCC1NCCC(=O)O. The zero-order valence-corrected chi connectivity index (χ0v) is 9.48. The normalized spacial score (nSPS) is 26.6. The van der Waals surface area contributed by atoms with Crippen molar-refractivity contribution < 1.29 is 9.90 Å². The molecule has 1 aliphatic carbocycles. The number of aliphatic carboxylic acids is 1. The van der Waals surface area contributed by atoms with Crippen LogP contribution in [0.1, 0.15) is 32.6 Å². The molecular weight excluding hydrogens is 198 g/mol. The van der Waals surface area contributed by atoms with Crippen LogP contribution >= 0.6 is 11.8 Å². The van der Waals surface area contributed by atoms with E-state index in [1.54, 1.807) is 0 Å². The molecule has 1 aliphatic rings. The quantitative estimate of drug-likeness (QED) is 0.711. The number of thioether (sulfide) groups is 1. The highest BCUT2D eigenvalue weighted by Gasteiger charge is 2.26. The van der Waals surface area contributed by atoms with Crippen molar-refractivity contribution in [3.63, 3.8) is 0 Å². The van der Waals surface area contributed by atoms with E-state index in [1.165, 1.54) is 19.3 Å². The second-order valence-corrected chi connectivity index (χ2v) is 5.15. The molecule has 1 fully saturated rings. The summed E-state index contributed by atoms with van der Waals surface area (Å²) in [5.41, 5.74) is 0. The van der Waals surface area contributed by atoms with Crippen LogP contribution in [-0.4, -0.2) is 34.7 Å². The summed E-state index contributed by atoms with van der Waals surface area (Å²) in [6, 6.07) is 0.541. The van der Waals surface area contributed by atoms with Crippen LogP contribution in [-0.2, 0) is 4.79 Å². The van der Waals surface area contributed by atoms with Gasteiger partial charge in [-0.05, 0) is 18.6 Å². The molecule has 2 atom stereocenters. The van der Waals surface area contributed by atoms with Gasteiger partial charge in [-0.3, -0.25) is 4.79 Å². The molecule has 0 radical (unpaired) electrons. The molecule has 0 heterocycles. The van der Waals surface area contributed by atoms with Crippen LogP contribution < -0.4 is 5.32 Å². The van der Waals surface area contributed by atoms with Crippen molar-refractivity contribution in [1.29, 1.82) is 0 Å². The maximum atomic E-state index is 10.3. The molecule has 4 heteroatoms. The van der Waals surface area contributed by atoms with Crippen LogP contribution in [0.4, 0.5) is 0 Å². The molecule has 3 nitrogen and oxygen atoms in total. The molecule has 0 aromatic heterocycles. The Kier molecular flexibility index (Phi) is 5.33. The zero-order valence-electron chi connectivity index (χ0n) is 8.66. The fourth-order valence-electron chi connectivity index (χ4n) is 1.94. The maximum Gasteiger partial charge on any atom is 0.304 e. The monoisotopic (exact) mass is 217 g/mol. The topological polar surface area (TPSA) is 49.3 Å². The first kappa shape index (κ1) is 11.9. The lowest BCUT2D eigenvalue weighted by Gasteiger charge is -2.19. The van der Waals surface area contributed by atoms with Crippen molar-refractivity contribution in [2.45, 2.75) is 43.9 Å². The average Bonchev–Trinajstić information content (AvgIpc) is 2.53. The van der Waals surface area contributed by atoms with Crippen molar-refractivity contribution in [3.8, 4) is 0 Å². The van der Waals surface area contributed by atoms with E-state index in [1.807, 2.05) is 11.8 Å². The molecule has 2 N–H and O–H groups in total. The maximum absolute atomic E-state index is 10.3. The number of carboxylic acids is 1. The summed E-state index contributed by atoms with van der Waals surface area (Å²) in [7, 11) is 0. The molecule has 0 aromatic carbocycles. The first-order chi connectivity index (χ1) is 6.74. The highest BCUT2D eigenvalue weighted by molar-refractivity contribution is 7.99. The minimum Gasteiger partial charge on any atom is -0.481 e. The van der Waals surface area contributed by atoms with Gasteiger partial charge in [0.2, 0.25) is 0 Å². The van der Waals surface area contributed by atoms with Gasteiger partial charge in [-0.25, -0.2) is 0 Å². The predicted octanol–water partition coefficient (Wildman–Crippen LogP) is 1.72. The van der Waals surface area contributed by atoms with E-state index in [-0.39, 0.29) is 6.42 Å². The Balaban J connectivity index is 2.18. The molecule has 0 bridgehead atoms. The highest BCUT2D eigenvalue weighted by Crippen LogP contribution is 2.29. The van der Waals surface area contributed by atoms with E-state index in [0.717, 1.165) is 5.75 Å². The Morgan fingerprint density at radius 3 is 3.00 bits per heavy atom. The second kappa shape index (κ2) is 6.30. The van der Waals surface area contributed by atoms with Gasteiger partial charge in [-0.1, -0.05) is 13.3 Å². The third kappa shape index (κ3) is 3.88. The molecule has 0 saturated heterocycles. The van der Waals surface area contributed by atoms with Crippen LogP contribution in [0.3, 0.4) is 0 Å². The summed E-state index contributed by atoms with van der Waals surface area (Å²) in [6.45, 7) is 2.79. The van der Waals surface area contributed by atoms with E-state index in [4.69, 9.17) is 5.11 Å². The summed E-state index contributed by atoms with van der Waals surface area (Å²) in [5, 5.41) is 12.6. The van der Waals surface area contributed by atoms with E-state index in [0.29, 0.717) is 17.8 Å². The molecular formula is C10H19NO2S. The Morgan fingerprint density at radius 2 is 2.36 bits per heavy atom. The van der Waals surface area contributed by atoms with Gasteiger partial charge in [0.25, 0.3) is 0 Å². The predicted molar refractivity (Wildman–Crippen MR) is 59.8 cm³/mol. The van der Waals surface area contributed by atoms with E-state index >= 15 is 0 Å². The number of hydrogen-bond donors (Lipinski definition) is 2. The van der Waals surface area contributed by atoms with Crippen molar-refractivity contribution in [2.75, 3.05) is 12.3 Å². The first-order valence-electron chi connectivity index (χ1n) is 5.30. The molecule has 1 rings (SSSR count). The summed E-state index contributed by atoms with van der Waals surface area (Å²) in [5.74, 6) is 0.442. The second-order valence-electron chi connectivity index (χ2n) is 3.63. The van der Waals surface area contributed by atoms with E-state index < -0.39 is 5.97 Å². The standard InChI is InChI=1S/C10H19NO2S/c1-2-14-9-5-3-4-8(9)11-7-6-10(12)13/h8-9,11H,2-7H2,1H3,(H,12,13). The van der Waals surface area contributed by atoms with Gasteiger partial charge in [0.05, 0.1) is 6.42 Å². The summed E-state index contributed by atoms with van der Waals surface area (Å²) in [6.07, 6.45) is 4.00. The summed E-state index contributed by atoms with van der Waals surface area (Å²) in [4.78, 5) is 10.3. The van der Waals surface area contributed by atoms with Crippen molar-refractivity contribution in [1.82, 2.24) is 5.32 Å². The minimum absolute atomic E-state index is 0.236. The van der Waals surface area contributed by atoms with Gasteiger partial charge in [-0.2, -0.15) is 11.8 Å². The largest absolute Gasteiger partial charge is 0.481 e. The number of hydrogen-bond acceptors (Lipinski definition) is 3. The van der Waals surface area contributed by atoms with Crippen molar-refractivity contribution >= 4 is 17.7 Å². The van der Waals surface area contributed by atoms with Gasteiger partial charge in [0.15, 0.2) is 0 Å². The van der Waals surface area contributed by atoms with Crippen LogP contribution in [0.25, 0.3) is 0 Å². The van der Waals surface area contributed by atoms with Gasteiger partial charge in [-0.15, -0.1) is 0 Å². The zero-order chi connectivity index (χ0) is 10.4. The fraction of sp³-hybridized carbons (Fsp3) is 0.900. The van der Waals surface area contributed by atoms with Crippen LogP contribution in [0.2, 0.25) is 0 Å². The highest BCUT2D eigenvalue weighted by atomic mass is 32.2. The lowest BCUT2D eigenvalue weighted by atomic mass is 10.2. The number of carboxylic acid groups (broad SMARTS) is 1. The summed E-state index contributed by atoms with van der Waals surface area (Å²) < 4.78 is 0. The fourth-order valence-corrected chi connectivity index (χ4v) is 3.16. The average molecular weight is 217 g/mol. The molecule has 0 spiro atoms. The Bertz CT molecular complexity index is 187. The van der Waals surface area contributed by atoms with E-state index in [9.17, 15) is 4.79 Å². The van der Waals surface area contributed by atoms with Crippen LogP contribution in [0, 0.1) is 0 Å². The molecule has 0 amide bonds. The lowest BCUT2D eigenvalue weighted by molar-refractivity contribution is -0.136. The van der Waals surface area contributed by atoms with Gasteiger partial charge >= 0.3 is 5.97 Å². The van der Waals surface area contributed by atoms with Gasteiger partial charge in [0.1, 0.15) is 0 Å². The Labute approximate surface area is 89.6 Å². The molecule has 2 unspecified atom stereocenters. The summed E-state index contributed by atoms with van der Waals surface area (Å²) >= 11 is 2.00. The Morgan fingerprint density at radius 1 is 1.57 bits per heavy atom. The number of nitrogens with one attached hydrogen (secondary N) is 1. The molecule has 14 heavy (non-hydrogen) atoms. The number of rotatable bonds is 6. The van der Waals surface area contributed by atoms with Gasteiger partial charge in [0, 0.05) is 17.8 Å². The van der Waals surface area contributed by atoms with Crippen LogP contribution in [0.5, 0.6) is 0 Å². The number of carbonyl (C=O) groups is 1.